The molecule has 6 heteroatoms. The molecule has 172 valence electrons. The fourth-order valence-corrected chi connectivity index (χ4v) is 3.94. The second-order valence-corrected chi connectivity index (χ2v) is 9.22. The highest BCUT2D eigenvalue weighted by atomic mass is 16.5. The van der Waals surface area contributed by atoms with Gasteiger partial charge in [0.2, 0.25) is 5.91 Å². The fraction of sp³-hybridized carbons (Fsp3) is 0.462. The lowest BCUT2D eigenvalue weighted by Crippen LogP contribution is -2.38. The number of amides is 2. The zero-order valence-electron chi connectivity index (χ0n) is 19.8. The minimum absolute atomic E-state index is 0.0275. The van der Waals surface area contributed by atoms with Gasteiger partial charge in [-0.15, -0.1) is 0 Å². The molecule has 32 heavy (non-hydrogen) atoms. The lowest BCUT2D eigenvalue weighted by atomic mass is 9.86. The molecule has 1 aliphatic rings. The Balaban J connectivity index is 1.61. The first-order chi connectivity index (χ1) is 15.2. The van der Waals surface area contributed by atoms with Crippen molar-refractivity contribution >= 4 is 11.8 Å². The molecule has 0 bridgehead atoms. The first-order valence-electron chi connectivity index (χ1n) is 11.1. The van der Waals surface area contributed by atoms with Crippen molar-refractivity contribution in [3.05, 3.63) is 59.2 Å². The highest BCUT2D eigenvalue weighted by Gasteiger charge is 2.23. The van der Waals surface area contributed by atoms with Gasteiger partial charge in [0.1, 0.15) is 0 Å². The monoisotopic (exact) mass is 438 g/mol. The van der Waals surface area contributed by atoms with E-state index < -0.39 is 0 Å². The van der Waals surface area contributed by atoms with Crippen molar-refractivity contribution in [3.8, 4) is 11.5 Å². The van der Waals surface area contributed by atoms with Crippen molar-refractivity contribution in [2.45, 2.75) is 39.0 Å². The highest BCUT2D eigenvalue weighted by Crippen LogP contribution is 2.28. The van der Waals surface area contributed by atoms with Crippen molar-refractivity contribution in [1.29, 1.82) is 0 Å². The summed E-state index contributed by atoms with van der Waals surface area (Å²) in [6.45, 7) is 8.86. The maximum absolute atomic E-state index is 13.0. The third-order valence-electron chi connectivity index (χ3n) is 5.94. The van der Waals surface area contributed by atoms with E-state index in [0.29, 0.717) is 49.7 Å². The van der Waals surface area contributed by atoms with Gasteiger partial charge in [-0.1, -0.05) is 39.0 Å². The molecule has 2 amide bonds. The Morgan fingerprint density at radius 3 is 2.09 bits per heavy atom. The summed E-state index contributed by atoms with van der Waals surface area (Å²) in [5, 5.41) is 0. The summed E-state index contributed by atoms with van der Waals surface area (Å²) in [7, 11) is 3.17. The number of benzene rings is 2. The molecule has 6 nitrogen and oxygen atoms in total. The van der Waals surface area contributed by atoms with E-state index in [9.17, 15) is 9.59 Å². The van der Waals surface area contributed by atoms with Gasteiger partial charge in [-0.2, -0.15) is 0 Å². The molecule has 1 saturated heterocycles. The van der Waals surface area contributed by atoms with Crippen molar-refractivity contribution in [2.24, 2.45) is 0 Å². The number of carbonyl (C=O) groups is 2. The number of hydrogen-bond acceptors (Lipinski definition) is 4. The molecule has 0 unspecified atom stereocenters. The van der Waals surface area contributed by atoms with Gasteiger partial charge < -0.3 is 19.3 Å². The molecule has 0 N–H and O–H groups in total. The molecular formula is C26H34N2O4. The number of carbonyl (C=O) groups excluding carboxylic acids is 2. The first-order valence-corrected chi connectivity index (χ1v) is 11.1. The molecule has 0 aliphatic carbocycles. The van der Waals surface area contributed by atoms with Gasteiger partial charge in [0.25, 0.3) is 5.91 Å². The highest BCUT2D eigenvalue weighted by molar-refractivity contribution is 5.94. The molecular weight excluding hydrogens is 404 g/mol. The zero-order chi connectivity index (χ0) is 23.3. The minimum atomic E-state index is 0.0275. The summed E-state index contributed by atoms with van der Waals surface area (Å²) in [4.78, 5) is 29.6. The lowest BCUT2D eigenvalue weighted by molar-refractivity contribution is -0.130. The Morgan fingerprint density at radius 2 is 1.47 bits per heavy atom. The van der Waals surface area contributed by atoms with Gasteiger partial charge >= 0.3 is 0 Å². The molecule has 2 aromatic rings. The predicted octanol–water partition coefficient (Wildman–Crippen LogP) is 3.92. The third-order valence-corrected chi connectivity index (χ3v) is 5.94. The predicted molar refractivity (Wildman–Crippen MR) is 125 cm³/mol. The van der Waals surface area contributed by atoms with Gasteiger partial charge in [-0.3, -0.25) is 9.59 Å². The lowest BCUT2D eigenvalue weighted by Gasteiger charge is -2.23. The van der Waals surface area contributed by atoms with Crippen LogP contribution in [0.25, 0.3) is 0 Å². The Morgan fingerprint density at radius 1 is 0.844 bits per heavy atom. The number of methoxy groups -OCH3 is 2. The molecule has 2 aromatic carbocycles. The molecule has 0 spiro atoms. The first kappa shape index (κ1) is 23.6. The van der Waals surface area contributed by atoms with E-state index >= 15 is 0 Å². The van der Waals surface area contributed by atoms with Crippen LogP contribution < -0.4 is 9.47 Å². The second kappa shape index (κ2) is 10.1. The summed E-state index contributed by atoms with van der Waals surface area (Å²) in [5.74, 6) is 1.34. The van der Waals surface area contributed by atoms with E-state index in [1.165, 1.54) is 5.56 Å². The topological polar surface area (TPSA) is 59.1 Å². The molecule has 3 rings (SSSR count). The van der Waals surface area contributed by atoms with Crippen LogP contribution in [0.3, 0.4) is 0 Å². The van der Waals surface area contributed by atoms with E-state index in [4.69, 9.17) is 9.47 Å². The van der Waals surface area contributed by atoms with Crippen LogP contribution >= 0.6 is 0 Å². The molecule has 0 radical (unpaired) electrons. The summed E-state index contributed by atoms with van der Waals surface area (Å²) in [6, 6.07) is 13.4. The number of nitrogens with zero attached hydrogens (tertiary/aromatic N) is 2. The minimum Gasteiger partial charge on any atom is -0.493 e. The van der Waals surface area contributed by atoms with Gasteiger partial charge in [-0.25, -0.2) is 0 Å². The van der Waals surface area contributed by atoms with Crippen LogP contribution in [0.1, 0.15) is 48.7 Å². The maximum atomic E-state index is 13.0. The quantitative estimate of drug-likeness (QED) is 0.710. The smallest absolute Gasteiger partial charge is 0.253 e. The van der Waals surface area contributed by atoms with Gasteiger partial charge in [0, 0.05) is 31.7 Å². The molecule has 0 atom stereocenters. The van der Waals surface area contributed by atoms with E-state index in [-0.39, 0.29) is 17.2 Å². The summed E-state index contributed by atoms with van der Waals surface area (Å²) < 4.78 is 10.6. The second-order valence-electron chi connectivity index (χ2n) is 9.22. The maximum Gasteiger partial charge on any atom is 0.253 e. The zero-order valence-corrected chi connectivity index (χ0v) is 19.8. The third kappa shape index (κ3) is 5.61. The van der Waals surface area contributed by atoms with Gasteiger partial charge in [0.15, 0.2) is 11.5 Å². The SMILES string of the molecule is COc1ccc(CC(=O)N2CCCN(C(=O)c3ccc(C(C)(C)C)cc3)CC2)cc1OC. The van der Waals surface area contributed by atoms with Crippen molar-refractivity contribution < 1.29 is 19.1 Å². The van der Waals surface area contributed by atoms with E-state index in [1.54, 1.807) is 14.2 Å². The Bertz CT molecular complexity index is 947. The average molecular weight is 439 g/mol. The average Bonchev–Trinajstić information content (AvgIpc) is 3.04. The van der Waals surface area contributed by atoms with Crippen LogP contribution in [0.5, 0.6) is 11.5 Å². The molecule has 1 fully saturated rings. The Kier molecular flexibility index (Phi) is 7.44. The Hall–Kier alpha value is -3.02. The van der Waals surface area contributed by atoms with Crippen LogP contribution in [-0.4, -0.2) is 62.0 Å². The fourth-order valence-electron chi connectivity index (χ4n) is 3.94. The van der Waals surface area contributed by atoms with Crippen LogP contribution in [0.15, 0.2) is 42.5 Å². The summed E-state index contributed by atoms with van der Waals surface area (Å²) in [5.41, 5.74) is 2.84. The normalized spacial score (nSPS) is 14.7. The van der Waals surface area contributed by atoms with Crippen LogP contribution in [0.4, 0.5) is 0 Å². The van der Waals surface area contributed by atoms with Crippen LogP contribution in [-0.2, 0) is 16.6 Å². The molecule has 0 aromatic heterocycles. The Labute approximate surface area is 191 Å². The van der Waals surface area contributed by atoms with Gasteiger partial charge in [-0.05, 0) is 47.2 Å². The van der Waals surface area contributed by atoms with Crippen molar-refractivity contribution in [1.82, 2.24) is 9.80 Å². The molecule has 1 aliphatic heterocycles. The molecule has 1 heterocycles. The summed E-state index contributed by atoms with van der Waals surface area (Å²) >= 11 is 0. The van der Waals surface area contributed by atoms with Gasteiger partial charge in [0.05, 0.1) is 20.6 Å². The largest absolute Gasteiger partial charge is 0.493 e. The van der Waals surface area contributed by atoms with Crippen molar-refractivity contribution in [2.75, 3.05) is 40.4 Å². The number of ether oxygens (including phenoxy) is 2. The number of rotatable bonds is 5. The van der Waals surface area contributed by atoms with E-state index in [0.717, 1.165) is 12.0 Å². The number of hydrogen-bond donors (Lipinski definition) is 0. The van der Waals surface area contributed by atoms with Crippen LogP contribution in [0, 0.1) is 0 Å². The van der Waals surface area contributed by atoms with Crippen LogP contribution in [0.2, 0.25) is 0 Å². The standard InChI is InChI=1S/C26H34N2O4/c1-26(2,3)21-10-8-20(9-11-21)25(30)28-14-6-13-27(15-16-28)24(29)18-19-7-12-22(31-4)23(17-19)32-5/h7-12,17H,6,13-16,18H2,1-5H3. The van der Waals surface area contributed by atoms with Crippen molar-refractivity contribution in [3.63, 3.8) is 0 Å². The van der Waals surface area contributed by atoms with E-state index in [2.05, 4.69) is 20.8 Å². The van der Waals surface area contributed by atoms with E-state index in [1.807, 2.05) is 52.3 Å². The summed E-state index contributed by atoms with van der Waals surface area (Å²) in [6.07, 6.45) is 1.06. The molecule has 0 saturated carbocycles.